The molecule has 7 aliphatic rings. The van der Waals surface area contributed by atoms with Gasteiger partial charge in [-0.05, 0) is 56.4 Å². The first kappa shape index (κ1) is 63.3. The van der Waals surface area contributed by atoms with E-state index >= 15 is 0 Å². The number of Topliss-reactive ketones (excluding diaryl/α,β-unsaturated/α-hetero) is 1. The number of ketones is 3. The SMILES string of the molecule is COc1cccc2c1C(=O)c1c(O)c3c(c(O)c1C2=O)C[C@@](O)(C(=O)CN1CCN(C(=O)OCc2ccc(NC(=O)[C@H](C)NC(=O)[C@@H](NC(=O)CCCCCN4C(=O)C=CC4=O)C(C)C)cc2)CC1)C[C@@H]3O[C@H]1C[C@H]2[C@H](O[C@@H]3[C@@H](OC)OCCN32)[C@H](C)O1. The minimum Gasteiger partial charge on any atom is -0.507 e. The van der Waals surface area contributed by atoms with Gasteiger partial charge in [-0.15, -0.1) is 0 Å². The molecule has 10 rings (SSSR count). The van der Waals surface area contributed by atoms with Gasteiger partial charge < -0.3 is 69.3 Å². The molecule has 4 fully saturated rings. The Balaban J connectivity index is 0.724. The molecule has 10 atom stereocenters. The number of carbonyl (C=O) groups excluding carboxylic acids is 9. The largest absolute Gasteiger partial charge is 0.507 e. The summed E-state index contributed by atoms with van der Waals surface area (Å²) in [6.45, 7) is 8.41. The molecule has 5 heterocycles. The van der Waals surface area contributed by atoms with E-state index in [4.69, 9.17) is 33.2 Å². The molecule has 0 spiro atoms. The number of phenols is 2. The lowest BCUT2D eigenvalue weighted by Gasteiger charge is -2.44. The number of piperazine rings is 1. The maximum atomic E-state index is 14.6. The zero-order valence-corrected chi connectivity index (χ0v) is 49.9. The maximum Gasteiger partial charge on any atom is 0.410 e. The molecule has 3 aromatic carbocycles. The van der Waals surface area contributed by atoms with Gasteiger partial charge in [0.05, 0.1) is 49.2 Å². The molecule has 3 aromatic rings. The molecule has 4 saturated heterocycles. The Morgan fingerprint density at radius 1 is 0.818 bits per heavy atom. The first-order chi connectivity index (χ1) is 42.1. The van der Waals surface area contributed by atoms with Crippen LogP contribution in [-0.2, 0) is 70.2 Å². The van der Waals surface area contributed by atoms with Gasteiger partial charge in [-0.1, -0.05) is 44.5 Å². The van der Waals surface area contributed by atoms with Gasteiger partial charge in [0.25, 0.3) is 11.8 Å². The second kappa shape index (κ2) is 26.6. The Morgan fingerprint density at radius 2 is 1.53 bits per heavy atom. The van der Waals surface area contributed by atoms with Crippen LogP contribution in [-0.4, -0.2) is 209 Å². The molecule has 6 N–H and O–H groups in total. The Hall–Kier alpha value is -7.69. The molecule has 0 aromatic heterocycles. The molecular formula is C62H75N7O19. The van der Waals surface area contributed by atoms with Crippen molar-refractivity contribution in [2.75, 3.05) is 72.0 Å². The number of nitrogens with one attached hydrogen (secondary N) is 3. The van der Waals surface area contributed by atoms with E-state index in [2.05, 4.69) is 20.9 Å². The quantitative estimate of drug-likeness (QED) is 0.0397. The predicted molar refractivity (Wildman–Crippen MR) is 309 cm³/mol. The fraction of sp³-hybridized carbons (Fsp3) is 0.532. The molecule has 0 radical (unpaired) electrons. The van der Waals surface area contributed by atoms with Crippen molar-refractivity contribution in [2.45, 2.75) is 140 Å². The normalized spacial score (nSPS) is 25.7. The highest BCUT2D eigenvalue weighted by Crippen LogP contribution is 2.53. The Labute approximate surface area is 507 Å². The topological polar surface area (TPSA) is 328 Å². The van der Waals surface area contributed by atoms with Crippen LogP contribution >= 0.6 is 0 Å². The Kier molecular flexibility index (Phi) is 19.1. The summed E-state index contributed by atoms with van der Waals surface area (Å²) in [5.74, 6) is -5.85. The van der Waals surface area contributed by atoms with Gasteiger partial charge in [0.15, 0.2) is 30.4 Å². The third-order valence-corrected chi connectivity index (χ3v) is 17.5. The number of nitrogens with zero attached hydrogens (tertiary/aromatic N) is 4. The zero-order valence-electron chi connectivity index (χ0n) is 49.9. The second-order valence-electron chi connectivity index (χ2n) is 23.6. The number of hydrogen-bond acceptors (Lipinski definition) is 21. The van der Waals surface area contributed by atoms with Crippen LogP contribution in [0, 0.1) is 5.92 Å². The number of imide groups is 1. The molecule has 6 amide bonds. The van der Waals surface area contributed by atoms with Crippen molar-refractivity contribution in [2.24, 2.45) is 5.92 Å². The first-order valence-electron chi connectivity index (χ1n) is 29.8. The summed E-state index contributed by atoms with van der Waals surface area (Å²) in [6.07, 6.45) is -1.63. The lowest BCUT2D eigenvalue weighted by atomic mass is 9.71. The number of phenolic OH excluding ortho intramolecular Hbond substituents is 2. The number of ether oxygens (including phenoxy) is 7. The molecule has 2 aliphatic carbocycles. The summed E-state index contributed by atoms with van der Waals surface area (Å²) in [6, 6.07) is 8.86. The molecule has 0 unspecified atom stereocenters. The highest BCUT2D eigenvalue weighted by molar-refractivity contribution is 6.31. The van der Waals surface area contributed by atoms with E-state index in [1.54, 1.807) is 43.0 Å². The smallest absolute Gasteiger partial charge is 0.410 e. The van der Waals surface area contributed by atoms with E-state index in [9.17, 15) is 58.5 Å². The summed E-state index contributed by atoms with van der Waals surface area (Å²) >= 11 is 0. The van der Waals surface area contributed by atoms with E-state index < -0.39 is 126 Å². The molecule has 472 valence electrons. The number of anilines is 1. The van der Waals surface area contributed by atoms with Crippen molar-refractivity contribution in [1.29, 1.82) is 0 Å². The van der Waals surface area contributed by atoms with E-state index in [0.29, 0.717) is 43.7 Å². The maximum absolute atomic E-state index is 14.6. The lowest BCUT2D eigenvalue weighted by Crippen LogP contribution is -2.56. The average molecular weight is 1220 g/mol. The predicted octanol–water partition coefficient (Wildman–Crippen LogP) is 2.74. The van der Waals surface area contributed by atoms with Crippen molar-refractivity contribution in [3.8, 4) is 17.2 Å². The second-order valence-corrected chi connectivity index (χ2v) is 23.6. The number of morpholine rings is 1. The van der Waals surface area contributed by atoms with Crippen LogP contribution in [0.4, 0.5) is 10.5 Å². The summed E-state index contributed by atoms with van der Waals surface area (Å²) in [5.41, 5.74) is -2.54. The highest BCUT2D eigenvalue weighted by atomic mass is 16.7. The van der Waals surface area contributed by atoms with Gasteiger partial charge in [0.2, 0.25) is 23.5 Å². The Morgan fingerprint density at radius 3 is 2.23 bits per heavy atom. The van der Waals surface area contributed by atoms with Crippen molar-refractivity contribution >= 4 is 58.7 Å². The summed E-state index contributed by atoms with van der Waals surface area (Å²) in [4.78, 5) is 126. The van der Waals surface area contributed by atoms with Crippen LogP contribution < -0.4 is 20.7 Å². The highest BCUT2D eigenvalue weighted by Gasteiger charge is 2.55. The van der Waals surface area contributed by atoms with Gasteiger partial charge in [-0.2, -0.15) is 0 Å². The number of benzene rings is 3. The molecule has 26 nitrogen and oxygen atoms in total. The van der Waals surface area contributed by atoms with E-state index in [-0.39, 0.29) is 116 Å². The number of aromatic hydroxyl groups is 2. The summed E-state index contributed by atoms with van der Waals surface area (Å²) in [7, 11) is 2.87. The minimum absolute atomic E-state index is 0.0641. The fourth-order valence-corrected chi connectivity index (χ4v) is 12.7. The Bertz CT molecular complexity index is 3260. The number of methoxy groups -OCH3 is 2. The van der Waals surface area contributed by atoms with Gasteiger partial charge in [-0.25, -0.2) is 4.79 Å². The van der Waals surface area contributed by atoms with Crippen LogP contribution in [0.5, 0.6) is 17.2 Å². The van der Waals surface area contributed by atoms with E-state index in [1.807, 2.05) is 6.92 Å². The summed E-state index contributed by atoms with van der Waals surface area (Å²) in [5, 5.41) is 45.1. The van der Waals surface area contributed by atoms with Crippen molar-refractivity contribution < 1.29 is 91.6 Å². The van der Waals surface area contributed by atoms with Gasteiger partial charge in [0, 0.05) is 113 Å². The third-order valence-electron chi connectivity index (χ3n) is 17.5. The number of rotatable bonds is 21. The van der Waals surface area contributed by atoms with E-state index in [1.165, 1.54) is 56.4 Å². The van der Waals surface area contributed by atoms with Crippen molar-refractivity contribution in [3.05, 3.63) is 93.6 Å². The standard InChI is InChI=1S/C62H75N7O19/c1-32(2)51(65-43(71)13-8-7-9-20-69-44(72)18-19-45(69)73)58(79)63-33(3)57(78)64-36-16-14-35(15-17-36)31-85-61(80)67-23-21-66(22-24-67)30-42(70)62(81)28-38-48(55(77)50-49(53(38)75)52(74)37-11-10-12-40(82-5)47(37)54(50)76)41(29-62)87-46-27-39-56(34(4)86-46)88-59-60(83-6)84-26-25-68(39)59/h10-12,14-19,32-34,39,41,46,51,56,59-60,75,77,81H,7-9,13,20-31H2,1-6H3,(H,63,79)(H,64,78)(H,65,71)/t33-,34-,39-,41-,46-,51-,56+,59+,60-,62-/m0/s1. The molecular weight excluding hydrogens is 1150 g/mol. The van der Waals surface area contributed by atoms with Crippen molar-refractivity contribution in [3.63, 3.8) is 0 Å². The van der Waals surface area contributed by atoms with Crippen molar-refractivity contribution in [1.82, 2.24) is 30.2 Å². The van der Waals surface area contributed by atoms with Gasteiger partial charge >= 0.3 is 6.09 Å². The molecule has 0 saturated carbocycles. The number of unbranched alkanes of at least 4 members (excludes halogenated alkanes) is 2. The number of amides is 6. The molecule has 88 heavy (non-hydrogen) atoms. The fourth-order valence-electron chi connectivity index (χ4n) is 12.7. The number of carbonyl (C=O) groups is 9. The van der Waals surface area contributed by atoms with E-state index in [0.717, 1.165) is 4.90 Å². The number of fused-ring (bicyclic) bond motifs is 6. The first-order valence-corrected chi connectivity index (χ1v) is 29.8. The average Bonchev–Trinajstić information content (AvgIpc) is 1.07. The lowest BCUT2D eigenvalue weighted by molar-refractivity contribution is -0.256. The minimum atomic E-state index is -2.25. The van der Waals surface area contributed by atoms with Crippen LogP contribution in [0.1, 0.15) is 121 Å². The molecule has 5 aliphatic heterocycles. The molecule has 26 heteroatoms. The third kappa shape index (κ3) is 12.9. The van der Waals surface area contributed by atoms with Crippen LogP contribution in [0.3, 0.4) is 0 Å². The van der Waals surface area contributed by atoms with Gasteiger partial charge in [-0.3, -0.25) is 53.1 Å². The number of hydrogen-bond donors (Lipinski definition) is 6. The molecule has 0 bridgehead atoms. The van der Waals surface area contributed by atoms with Crippen LogP contribution in [0.25, 0.3) is 0 Å². The monoisotopic (exact) mass is 1220 g/mol. The number of aliphatic hydroxyl groups is 1. The zero-order chi connectivity index (χ0) is 62.9. The summed E-state index contributed by atoms with van der Waals surface area (Å²) < 4.78 is 41.9. The van der Waals surface area contributed by atoms with Gasteiger partial charge in [0.1, 0.15) is 47.6 Å². The van der Waals surface area contributed by atoms with Crippen LogP contribution in [0.15, 0.2) is 54.6 Å². The van der Waals surface area contributed by atoms with Crippen LogP contribution in [0.2, 0.25) is 0 Å².